The van der Waals surface area contributed by atoms with Crippen LogP contribution in [0.2, 0.25) is 0 Å². The summed E-state index contributed by atoms with van der Waals surface area (Å²) in [5.41, 5.74) is 8.74. The fourth-order valence-electron chi connectivity index (χ4n) is 5.56. The molecule has 5 rings (SSSR count). The van der Waals surface area contributed by atoms with Crippen molar-refractivity contribution in [1.82, 2.24) is 0 Å². The van der Waals surface area contributed by atoms with E-state index < -0.39 is 0 Å². The molecule has 0 amide bonds. The van der Waals surface area contributed by atoms with Crippen molar-refractivity contribution in [3.8, 4) is 0 Å². The Balaban J connectivity index is 1.77. The third-order valence-corrected chi connectivity index (χ3v) is 5.86. The first-order chi connectivity index (χ1) is 9.70. The van der Waals surface area contributed by atoms with Gasteiger partial charge in [0.05, 0.1) is 5.71 Å². The first-order valence-electron chi connectivity index (χ1n) is 7.77. The number of anilines is 1. The molecule has 20 heavy (non-hydrogen) atoms. The van der Waals surface area contributed by atoms with Gasteiger partial charge in [-0.1, -0.05) is 23.4 Å². The summed E-state index contributed by atoms with van der Waals surface area (Å²) >= 11 is 0. The van der Waals surface area contributed by atoms with E-state index >= 15 is 0 Å². The second-order valence-electron chi connectivity index (χ2n) is 7.23. The van der Waals surface area contributed by atoms with Crippen molar-refractivity contribution in [2.75, 3.05) is 5.73 Å². The fourth-order valence-corrected chi connectivity index (χ4v) is 5.56. The van der Waals surface area contributed by atoms with E-state index in [1.807, 2.05) is 24.3 Å². The molecule has 4 aliphatic rings. The number of hydrogen-bond acceptors (Lipinski definition) is 3. The summed E-state index contributed by atoms with van der Waals surface area (Å²) < 4.78 is 0. The lowest BCUT2D eigenvalue weighted by Gasteiger charge is -2.56. The minimum Gasteiger partial charge on any atom is -0.411 e. The Kier molecular flexibility index (Phi) is 2.60. The maximum atomic E-state index is 9.70. The molecule has 3 nitrogen and oxygen atoms in total. The average molecular weight is 270 g/mol. The van der Waals surface area contributed by atoms with Gasteiger partial charge in [0.25, 0.3) is 0 Å². The zero-order chi connectivity index (χ0) is 13.7. The van der Waals surface area contributed by atoms with Gasteiger partial charge in [0.15, 0.2) is 0 Å². The SMILES string of the molecule is Nc1ccccc1/C(=N/O)C12CC3CC(CC(C3)C1)C2. The third kappa shape index (κ3) is 1.68. The van der Waals surface area contributed by atoms with Gasteiger partial charge in [0.1, 0.15) is 0 Å². The highest BCUT2D eigenvalue weighted by molar-refractivity contribution is 6.08. The topological polar surface area (TPSA) is 58.6 Å². The summed E-state index contributed by atoms with van der Waals surface area (Å²) in [6.07, 6.45) is 7.73. The van der Waals surface area contributed by atoms with Crippen LogP contribution in [0.4, 0.5) is 5.69 Å². The molecule has 0 aromatic heterocycles. The van der Waals surface area contributed by atoms with Crippen molar-refractivity contribution in [1.29, 1.82) is 0 Å². The quantitative estimate of drug-likeness (QED) is 0.373. The smallest absolute Gasteiger partial charge is 0.0950 e. The van der Waals surface area contributed by atoms with Crippen LogP contribution in [0.1, 0.15) is 44.1 Å². The van der Waals surface area contributed by atoms with Crippen LogP contribution in [0.15, 0.2) is 29.4 Å². The number of benzene rings is 1. The molecule has 0 unspecified atom stereocenters. The van der Waals surface area contributed by atoms with Crippen molar-refractivity contribution in [2.45, 2.75) is 38.5 Å². The van der Waals surface area contributed by atoms with Gasteiger partial charge in [-0.3, -0.25) is 0 Å². The van der Waals surface area contributed by atoms with Gasteiger partial charge in [-0.05, 0) is 62.3 Å². The largest absolute Gasteiger partial charge is 0.411 e. The van der Waals surface area contributed by atoms with E-state index in [-0.39, 0.29) is 5.41 Å². The number of nitrogens with zero attached hydrogens (tertiary/aromatic N) is 1. The molecule has 0 aliphatic heterocycles. The molecule has 4 bridgehead atoms. The zero-order valence-electron chi connectivity index (χ0n) is 11.8. The maximum Gasteiger partial charge on any atom is 0.0950 e. The number of rotatable bonds is 2. The van der Waals surface area contributed by atoms with E-state index in [2.05, 4.69) is 5.16 Å². The highest BCUT2D eigenvalue weighted by atomic mass is 16.4. The molecule has 4 fully saturated rings. The number of para-hydroxylation sites is 1. The lowest BCUT2D eigenvalue weighted by atomic mass is 9.48. The Bertz CT molecular complexity index is 529. The second kappa shape index (κ2) is 4.24. The molecule has 1 aromatic rings. The second-order valence-corrected chi connectivity index (χ2v) is 7.23. The van der Waals surface area contributed by atoms with Gasteiger partial charge >= 0.3 is 0 Å². The molecule has 1 aromatic carbocycles. The van der Waals surface area contributed by atoms with Gasteiger partial charge in [-0.15, -0.1) is 0 Å². The van der Waals surface area contributed by atoms with E-state index in [0.717, 1.165) is 34.7 Å². The van der Waals surface area contributed by atoms with Gasteiger partial charge in [0, 0.05) is 16.7 Å². The average Bonchev–Trinajstić information content (AvgIpc) is 2.40. The van der Waals surface area contributed by atoms with E-state index in [1.54, 1.807) is 0 Å². The maximum absolute atomic E-state index is 9.70. The molecule has 3 N–H and O–H groups in total. The van der Waals surface area contributed by atoms with Crippen molar-refractivity contribution >= 4 is 11.4 Å². The fraction of sp³-hybridized carbons (Fsp3) is 0.588. The summed E-state index contributed by atoms with van der Waals surface area (Å²) in [5.74, 6) is 2.51. The van der Waals surface area contributed by atoms with Crippen molar-refractivity contribution in [2.24, 2.45) is 28.3 Å². The van der Waals surface area contributed by atoms with Crippen LogP contribution in [0.5, 0.6) is 0 Å². The summed E-state index contributed by atoms with van der Waals surface area (Å²) in [4.78, 5) is 0. The van der Waals surface area contributed by atoms with Crippen molar-refractivity contribution in [3.63, 3.8) is 0 Å². The Morgan fingerprint density at radius 1 is 1.05 bits per heavy atom. The van der Waals surface area contributed by atoms with Crippen LogP contribution < -0.4 is 5.73 Å². The molecule has 3 heteroatoms. The van der Waals surface area contributed by atoms with Crippen LogP contribution in [-0.4, -0.2) is 10.9 Å². The molecular formula is C17H22N2O. The first kappa shape index (κ1) is 12.2. The van der Waals surface area contributed by atoms with Crippen molar-refractivity contribution in [3.05, 3.63) is 29.8 Å². The molecule has 0 atom stereocenters. The summed E-state index contributed by atoms with van der Waals surface area (Å²) in [6.45, 7) is 0. The van der Waals surface area contributed by atoms with Gasteiger partial charge in [0.2, 0.25) is 0 Å². The highest BCUT2D eigenvalue weighted by Crippen LogP contribution is 2.61. The molecule has 0 saturated heterocycles. The van der Waals surface area contributed by atoms with Gasteiger partial charge in [-0.25, -0.2) is 0 Å². The monoisotopic (exact) mass is 270 g/mol. The number of oxime groups is 1. The Labute approximate surface area is 119 Å². The van der Waals surface area contributed by atoms with Crippen LogP contribution in [0, 0.1) is 23.2 Å². The first-order valence-corrected chi connectivity index (χ1v) is 7.77. The number of nitrogen functional groups attached to an aromatic ring is 1. The van der Waals surface area contributed by atoms with Crippen LogP contribution in [0.3, 0.4) is 0 Å². The molecule has 4 saturated carbocycles. The Morgan fingerprint density at radius 2 is 1.60 bits per heavy atom. The lowest BCUT2D eigenvalue weighted by Crippen LogP contribution is -2.50. The van der Waals surface area contributed by atoms with Gasteiger partial charge in [-0.2, -0.15) is 0 Å². The molecule has 106 valence electrons. The predicted octanol–water partition coefficient (Wildman–Crippen LogP) is 3.66. The van der Waals surface area contributed by atoms with E-state index in [9.17, 15) is 5.21 Å². The number of nitrogens with two attached hydrogens (primary N) is 1. The number of hydrogen-bond donors (Lipinski definition) is 2. The summed E-state index contributed by atoms with van der Waals surface area (Å²) in [5, 5.41) is 13.4. The minimum atomic E-state index is 0.0823. The predicted molar refractivity (Wildman–Crippen MR) is 79.8 cm³/mol. The molecular weight excluding hydrogens is 248 g/mol. The Hall–Kier alpha value is -1.51. The standard InChI is InChI=1S/C17H22N2O/c18-15-4-2-1-3-14(15)16(19-20)17-8-11-5-12(9-17)7-13(6-11)10-17/h1-4,11-13,20H,5-10,18H2/b19-16-. The van der Waals surface area contributed by atoms with E-state index in [0.29, 0.717) is 0 Å². The molecule has 0 radical (unpaired) electrons. The zero-order valence-corrected chi connectivity index (χ0v) is 11.8. The summed E-state index contributed by atoms with van der Waals surface area (Å²) in [7, 11) is 0. The lowest BCUT2D eigenvalue weighted by molar-refractivity contribution is -0.0133. The molecule has 0 heterocycles. The third-order valence-electron chi connectivity index (χ3n) is 5.86. The minimum absolute atomic E-state index is 0.0823. The molecule has 4 aliphatic carbocycles. The molecule has 0 spiro atoms. The van der Waals surface area contributed by atoms with Crippen LogP contribution >= 0.6 is 0 Å². The normalized spacial score (nSPS) is 39.2. The van der Waals surface area contributed by atoms with Gasteiger partial charge < -0.3 is 10.9 Å². The van der Waals surface area contributed by atoms with Crippen molar-refractivity contribution < 1.29 is 5.21 Å². The Morgan fingerprint density at radius 3 is 2.10 bits per heavy atom. The van der Waals surface area contributed by atoms with E-state index in [4.69, 9.17) is 5.73 Å². The summed E-state index contributed by atoms with van der Waals surface area (Å²) in [6, 6.07) is 7.83. The van der Waals surface area contributed by atoms with Crippen LogP contribution in [0.25, 0.3) is 0 Å². The highest BCUT2D eigenvalue weighted by Gasteiger charge is 2.53. The van der Waals surface area contributed by atoms with Crippen LogP contribution in [-0.2, 0) is 0 Å². The van der Waals surface area contributed by atoms with E-state index in [1.165, 1.54) is 38.5 Å².